The molecular weight excluding hydrogens is 264 g/mol. The van der Waals surface area contributed by atoms with Crippen LogP contribution in [0.2, 0.25) is 0 Å². The van der Waals surface area contributed by atoms with E-state index in [2.05, 4.69) is 47.6 Å². The van der Waals surface area contributed by atoms with E-state index in [1.54, 1.807) is 6.20 Å². The third-order valence-corrected chi connectivity index (χ3v) is 3.29. The first kappa shape index (κ1) is 11.9. The number of rotatable bonds is 5. The Kier molecular flexibility index (Phi) is 3.27. The molecule has 19 heavy (non-hydrogen) atoms. The smallest absolute Gasteiger partial charge is 0.225 e. The molecule has 0 fully saturated rings. The van der Waals surface area contributed by atoms with Crippen LogP contribution in [0.25, 0.3) is 11.0 Å². The van der Waals surface area contributed by atoms with Gasteiger partial charge in [-0.2, -0.15) is 15.2 Å². The summed E-state index contributed by atoms with van der Waals surface area (Å²) < 4.78 is 0. The van der Waals surface area contributed by atoms with Gasteiger partial charge in [-0.05, 0) is 18.2 Å². The van der Waals surface area contributed by atoms with Gasteiger partial charge in [-0.3, -0.25) is 10.2 Å². The maximum atomic E-state index is 4.48. The molecule has 3 heterocycles. The van der Waals surface area contributed by atoms with Crippen LogP contribution in [0, 0.1) is 0 Å². The predicted octanol–water partition coefficient (Wildman–Crippen LogP) is 1.44. The van der Waals surface area contributed by atoms with Gasteiger partial charge in [-0.15, -0.1) is 0 Å². The van der Waals surface area contributed by atoms with Gasteiger partial charge in [0, 0.05) is 6.54 Å². The topological polar surface area (TPSA) is 108 Å². The van der Waals surface area contributed by atoms with Crippen molar-refractivity contribution in [2.24, 2.45) is 0 Å². The second-order valence-corrected chi connectivity index (χ2v) is 4.78. The Morgan fingerprint density at radius 1 is 1.26 bits per heavy atom. The molecule has 0 amide bonds. The molecule has 0 aromatic carbocycles. The lowest BCUT2D eigenvalue weighted by Crippen LogP contribution is -2.05. The summed E-state index contributed by atoms with van der Waals surface area (Å²) in [5.74, 6) is 0.584. The van der Waals surface area contributed by atoms with E-state index >= 15 is 0 Å². The lowest BCUT2D eigenvalue weighted by atomic mass is 10.4. The molecule has 98 valence electrons. The van der Waals surface area contributed by atoms with E-state index in [0.717, 1.165) is 23.4 Å². The van der Waals surface area contributed by atoms with Crippen molar-refractivity contribution in [3.05, 3.63) is 12.5 Å². The number of nitrogens with one attached hydrogen (secondary N) is 3. The molecular formula is C10H12N8S. The molecule has 0 bridgehead atoms. The quantitative estimate of drug-likeness (QED) is 0.605. The highest BCUT2D eigenvalue weighted by atomic mass is 32.2. The SMILES string of the molecule is CCCNc1nc(Sc2ncn[nH]2)c2cn[nH]c2n1. The zero-order valence-corrected chi connectivity index (χ0v) is 11.0. The minimum absolute atomic E-state index is 0.584. The van der Waals surface area contributed by atoms with E-state index in [0.29, 0.717) is 16.8 Å². The fraction of sp³-hybridized carbons (Fsp3) is 0.300. The van der Waals surface area contributed by atoms with Gasteiger partial charge in [-0.1, -0.05) is 6.92 Å². The Hall–Kier alpha value is -2.16. The Bertz CT molecular complexity index is 661. The Morgan fingerprint density at radius 3 is 3.00 bits per heavy atom. The van der Waals surface area contributed by atoms with E-state index in [1.165, 1.54) is 18.1 Å². The summed E-state index contributed by atoms with van der Waals surface area (Å²) in [6, 6.07) is 0. The van der Waals surface area contributed by atoms with Gasteiger partial charge >= 0.3 is 0 Å². The van der Waals surface area contributed by atoms with Gasteiger partial charge < -0.3 is 5.32 Å². The van der Waals surface area contributed by atoms with Crippen LogP contribution < -0.4 is 5.32 Å². The van der Waals surface area contributed by atoms with Crippen molar-refractivity contribution in [1.29, 1.82) is 0 Å². The van der Waals surface area contributed by atoms with Crippen LogP contribution in [0.4, 0.5) is 5.95 Å². The van der Waals surface area contributed by atoms with Crippen LogP contribution in [0.1, 0.15) is 13.3 Å². The Balaban J connectivity index is 1.97. The van der Waals surface area contributed by atoms with Crippen molar-refractivity contribution >= 4 is 28.7 Å². The molecule has 9 heteroatoms. The summed E-state index contributed by atoms with van der Waals surface area (Å²) >= 11 is 1.40. The average Bonchev–Trinajstić information content (AvgIpc) is 3.06. The third kappa shape index (κ3) is 2.50. The molecule has 0 aliphatic heterocycles. The van der Waals surface area contributed by atoms with Gasteiger partial charge in [0.25, 0.3) is 0 Å². The zero-order chi connectivity index (χ0) is 13.1. The molecule has 3 rings (SSSR count). The van der Waals surface area contributed by atoms with Crippen LogP contribution >= 0.6 is 11.8 Å². The number of hydrogen-bond acceptors (Lipinski definition) is 7. The predicted molar refractivity (Wildman–Crippen MR) is 71.0 cm³/mol. The number of aromatic amines is 2. The molecule has 3 N–H and O–H groups in total. The molecule has 0 radical (unpaired) electrons. The number of anilines is 1. The minimum Gasteiger partial charge on any atom is -0.354 e. The molecule has 0 aliphatic carbocycles. The molecule has 0 atom stereocenters. The molecule has 0 spiro atoms. The van der Waals surface area contributed by atoms with Gasteiger partial charge in [0.15, 0.2) is 10.8 Å². The minimum atomic E-state index is 0.584. The van der Waals surface area contributed by atoms with E-state index < -0.39 is 0 Å². The normalized spacial score (nSPS) is 11.0. The Morgan fingerprint density at radius 2 is 2.21 bits per heavy atom. The van der Waals surface area contributed by atoms with Crippen molar-refractivity contribution in [1.82, 2.24) is 35.3 Å². The lowest BCUT2D eigenvalue weighted by Gasteiger charge is -2.05. The van der Waals surface area contributed by atoms with Gasteiger partial charge in [-0.25, -0.2) is 9.97 Å². The summed E-state index contributed by atoms with van der Waals surface area (Å²) in [5, 5.41) is 19.0. The summed E-state index contributed by atoms with van der Waals surface area (Å²) in [6.07, 6.45) is 4.18. The van der Waals surface area contributed by atoms with Gasteiger partial charge in [0.2, 0.25) is 5.95 Å². The first-order valence-electron chi connectivity index (χ1n) is 5.85. The van der Waals surface area contributed by atoms with E-state index in [1.807, 2.05) is 0 Å². The second kappa shape index (κ2) is 5.22. The fourth-order valence-electron chi connectivity index (χ4n) is 1.54. The van der Waals surface area contributed by atoms with Crippen molar-refractivity contribution < 1.29 is 0 Å². The van der Waals surface area contributed by atoms with Crippen LogP contribution in [0.15, 0.2) is 22.7 Å². The number of hydrogen-bond donors (Lipinski definition) is 3. The zero-order valence-electron chi connectivity index (χ0n) is 10.2. The number of fused-ring (bicyclic) bond motifs is 1. The summed E-state index contributed by atoms with van der Waals surface area (Å²) in [7, 11) is 0. The number of aromatic nitrogens is 7. The van der Waals surface area contributed by atoms with E-state index in [4.69, 9.17) is 0 Å². The van der Waals surface area contributed by atoms with Crippen LogP contribution in [0.3, 0.4) is 0 Å². The molecule has 8 nitrogen and oxygen atoms in total. The van der Waals surface area contributed by atoms with Crippen molar-refractivity contribution in [3.8, 4) is 0 Å². The maximum Gasteiger partial charge on any atom is 0.225 e. The largest absolute Gasteiger partial charge is 0.354 e. The van der Waals surface area contributed by atoms with Crippen LogP contribution in [0.5, 0.6) is 0 Å². The monoisotopic (exact) mass is 276 g/mol. The third-order valence-electron chi connectivity index (χ3n) is 2.39. The van der Waals surface area contributed by atoms with Crippen molar-refractivity contribution in [2.45, 2.75) is 23.5 Å². The highest BCUT2D eigenvalue weighted by Gasteiger charge is 2.12. The summed E-state index contributed by atoms with van der Waals surface area (Å²) in [4.78, 5) is 12.9. The van der Waals surface area contributed by atoms with Gasteiger partial charge in [0.05, 0.1) is 11.6 Å². The molecule has 3 aromatic heterocycles. The fourth-order valence-corrected chi connectivity index (χ4v) is 2.31. The summed E-state index contributed by atoms with van der Waals surface area (Å²) in [6.45, 7) is 2.91. The van der Waals surface area contributed by atoms with Crippen LogP contribution in [-0.4, -0.2) is 41.9 Å². The molecule has 0 aliphatic rings. The molecule has 0 saturated heterocycles. The average molecular weight is 276 g/mol. The highest BCUT2D eigenvalue weighted by Crippen LogP contribution is 2.28. The van der Waals surface area contributed by atoms with Crippen LogP contribution in [-0.2, 0) is 0 Å². The lowest BCUT2D eigenvalue weighted by molar-refractivity contribution is 0.939. The van der Waals surface area contributed by atoms with E-state index in [9.17, 15) is 0 Å². The highest BCUT2D eigenvalue weighted by molar-refractivity contribution is 7.99. The summed E-state index contributed by atoms with van der Waals surface area (Å²) in [5.41, 5.74) is 0.704. The van der Waals surface area contributed by atoms with Crippen molar-refractivity contribution in [2.75, 3.05) is 11.9 Å². The Labute approximate surface area is 112 Å². The van der Waals surface area contributed by atoms with Crippen molar-refractivity contribution in [3.63, 3.8) is 0 Å². The maximum absolute atomic E-state index is 4.48. The molecule has 0 saturated carbocycles. The molecule has 3 aromatic rings. The second-order valence-electron chi connectivity index (χ2n) is 3.80. The first-order valence-corrected chi connectivity index (χ1v) is 6.66. The van der Waals surface area contributed by atoms with Gasteiger partial charge in [0.1, 0.15) is 11.4 Å². The number of H-pyrrole nitrogens is 2. The first-order chi connectivity index (χ1) is 9.36. The number of nitrogens with zero attached hydrogens (tertiary/aromatic N) is 5. The molecule has 0 unspecified atom stereocenters. The van der Waals surface area contributed by atoms with E-state index in [-0.39, 0.29) is 0 Å². The standard InChI is InChI=1S/C10H12N8S/c1-2-3-11-9-15-7-6(4-13-17-7)8(16-9)19-10-12-5-14-18-10/h4-5H,2-3H2,1H3,(H,12,14,18)(H2,11,13,15,16,17).